The average Bonchev–Trinajstić information content (AvgIpc) is 2.74. The standard InChI is InChI=1S/C16H23N3O2S/c1-6-16(4,5)18-22(20,21)15-12(2)17-19(13(15)3)14-10-8-7-9-11-14/h7-11,18H,6H2,1-5H3. The molecule has 2 aromatic rings. The van der Waals surface area contributed by atoms with Crippen LogP contribution in [0, 0.1) is 13.8 Å². The number of rotatable bonds is 5. The van der Waals surface area contributed by atoms with Gasteiger partial charge in [0.15, 0.2) is 0 Å². The van der Waals surface area contributed by atoms with Crippen LogP contribution in [0.2, 0.25) is 0 Å². The number of nitrogens with zero attached hydrogens (tertiary/aromatic N) is 2. The second-order valence-electron chi connectivity index (χ2n) is 6.09. The summed E-state index contributed by atoms with van der Waals surface area (Å²) in [7, 11) is -3.61. The molecule has 5 nitrogen and oxygen atoms in total. The van der Waals surface area contributed by atoms with Crippen LogP contribution in [0.1, 0.15) is 38.6 Å². The molecule has 0 aliphatic heterocycles. The second kappa shape index (κ2) is 5.85. The molecule has 0 fully saturated rings. The Balaban J connectivity index is 2.52. The molecule has 1 N–H and O–H groups in total. The molecule has 2 rings (SSSR count). The first kappa shape index (κ1) is 16.7. The molecule has 1 heterocycles. The molecule has 0 spiro atoms. The lowest BCUT2D eigenvalue weighted by atomic mass is 10.0. The summed E-state index contributed by atoms with van der Waals surface area (Å²) >= 11 is 0. The van der Waals surface area contributed by atoms with E-state index in [-0.39, 0.29) is 4.90 Å². The van der Waals surface area contributed by atoms with Crippen LogP contribution >= 0.6 is 0 Å². The molecular formula is C16H23N3O2S. The molecule has 0 radical (unpaired) electrons. The Hall–Kier alpha value is -1.66. The smallest absolute Gasteiger partial charge is 0.236 e. The summed E-state index contributed by atoms with van der Waals surface area (Å²) in [5.74, 6) is 0. The number of nitrogens with one attached hydrogen (secondary N) is 1. The zero-order chi connectivity index (χ0) is 16.5. The van der Waals surface area contributed by atoms with Crippen molar-refractivity contribution < 1.29 is 8.42 Å². The van der Waals surface area contributed by atoms with Crippen molar-refractivity contribution in [2.24, 2.45) is 0 Å². The number of benzene rings is 1. The molecule has 0 unspecified atom stereocenters. The van der Waals surface area contributed by atoms with Crippen molar-refractivity contribution in [3.05, 3.63) is 41.7 Å². The molecule has 120 valence electrons. The first-order valence-electron chi connectivity index (χ1n) is 7.33. The highest BCUT2D eigenvalue weighted by molar-refractivity contribution is 7.89. The zero-order valence-electron chi connectivity index (χ0n) is 13.7. The highest BCUT2D eigenvalue weighted by atomic mass is 32.2. The van der Waals surface area contributed by atoms with Crippen molar-refractivity contribution in [3.63, 3.8) is 0 Å². The van der Waals surface area contributed by atoms with Crippen molar-refractivity contribution in [3.8, 4) is 5.69 Å². The highest BCUT2D eigenvalue weighted by Gasteiger charge is 2.30. The molecule has 0 aliphatic rings. The van der Waals surface area contributed by atoms with Crippen LogP contribution < -0.4 is 4.72 Å². The number of aromatic nitrogens is 2. The zero-order valence-corrected chi connectivity index (χ0v) is 14.5. The Bertz CT molecular complexity index is 762. The van der Waals surface area contributed by atoms with E-state index in [0.717, 1.165) is 5.69 Å². The van der Waals surface area contributed by atoms with Crippen LogP contribution in [-0.4, -0.2) is 23.7 Å². The summed E-state index contributed by atoms with van der Waals surface area (Å²) in [6.45, 7) is 9.20. The van der Waals surface area contributed by atoms with Crippen LogP contribution in [0.25, 0.3) is 5.69 Å². The average molecular weight is 321 g/mol. The Labute approximate surface area is 132 Å². The number of para-hydroxylation sites is 1. The Morgan fingerprint density at radius 1 is 1.18 bits per heavy atom. The van der Waals surface area contributed by atoms with Crippen molar-refractivity contribution in [1.29, 1.82) is 0 Å². The molecule has 0 saturated heterocycles. The molecule has 6 heteroatoms. The van der Waals surface area contributed by atoms with Gasteiger partial charge in [-0.25, -0.2) is 17.8 Å². The molecular weight excluding hydrogens is 298 g/mol. The van der Waals surface area contributed by atoms with Gasteiger partial charge in [0, 0.05) is 5.54 Å². The minimum absolute atomic E-state index is 0.262. The largest absolute Gasteiger partial charge is 0.244 e. The van der Waals surface area contributed by atoms with E-state index in [0.29, 0.717) is 17.8 Å². The number of sulfonamides is 1. The lowest BCUT2D eigenvalue weighted by molar-refractivity contribution is 0.439. The van der Waals surface area contributed by atoms with Gasteiger partial charge < -0.3 is 0 Å². The fraction of sp³-hybridized carbons (Fsp3) is 0.438. The molecule has 0 amide bonds. The molecule has 0 atom stereocenters. The predicted octanol–water partition coefficient (Wildman–Crippen LogP) is 2.96. The van der Waals surface area contributed by atoms with Gasteiger partial charge in [-0.05, 0) is 46.2 Å². The van der Waals surface area contributed by atoms with Crippen molar-refractivity contribution >= 4 is 10.0 Å². The summed E-state index contributed by atoms with van der Waals surface area (Å²) in [4.78, 5) is 0.262. The molecule has 0 bridgehead atoms. The maximum atomic E-state index is 12.7. The van der Waals surface area contributed by atoms with Crippen LogP contribution in [0.5, 0.6) is 0 Å². The van der Waals surface area contributed by atoms with Crippen molar-refractivity contribution in [2.75, 3.05) is 0 Å². The van der Waals surface area contributed by atoms with E-state index in [1.54, 1.807) is 18.5 Å². The monoisotopic (exact) mass is 321 g/mol. The molecule has 1 aromatic heterocycles. The number of aryl methyl sites for hydroxylation is 1. The minimum atomic E-state index is -3.61. The summed E-state index contributed by atoms with van der Waals surface area (Å²) < 4.78 is 29.9. The SMILES string of the molecule is CCC(C)(C)NS(=O)(=O)c1c(C)nn(-c2ccccc2)c1C. The molecule has 0 saturated carbocycles. The highest BCUT2D eigenvalue weighted by Crippen LogP contribution is 2.24. The second-order valence-corrected chi connectivity index (χ2v) is 7.71. The number of hydrogen-bond acceptors (Lipinski definition) is 3. The third-order valence-corrected chi connectivity index (χ3v) is 5.74. The maximum Gasteiger partial charge on any atom is 0.244 e. The van der Waals surface area contributed by atoms with Gasteiger partial charge >= 0.3 is 0 Å². The van der Waals surface area contributed by atoms with Gasteiger partial charge in [-0.1, -0.05) is 25.1 Å². The summed E-state index contributed by atoms with van der Waals surface area (Å²) in [6, 6.07) is 9.52. The topological polar surface area (TPSA) is 64.0 Å². The van der Waals surface area contributed by atoms with Crippen LogP contribution in [0.4, 0.5) is 0 Å². The third-order valence-electron chi connectivity index (χ3n) is 3.79. The fourth-order valence-corrected chi connectivity index (χ4v) is 4.20. The molecule has 22 heavy (non-hydrogen) atoms. The van der Waals surface area contributed by atoms with Crippen LogP contribution in [0.3, 0.4) is 0 Å². The first-order valence-corrected chi connectivity index (χ1v) is 8.82. The Morgan fingerprint density at radius 2 is 1.77 bits per heavy atom. The fourth-order valence-electron chi connectivity index (χ4n) is 2.32. The Kier molecular flexibility index (Phi) is 4.44. The van der Waals surface area contributed by atoms with Gasteiger partial charge in [0.2, 0.25) is 10.0 Å². The van der Waals surface area contributed by atoms with Gasteiger partial charge in [0.1, 0.15) is 4.90 Å². The van der Waals surface area contributed by atoms with E-state index in [1.165, 1.54) is 0 Å². The normalized spacial score (nSPS) is 12.6. The minimum Gasteiger partial charge on any atom is -0.236 e. The van der Waals surface area contributed by atoms with E-state index in [1.807, 2.05) is 51.1 Å². The third kappa shape index (κ3) is 3.23. The maximum absolute atomic E-state index is 12.7. The van der Waals surface area contributed by atoms with Crippen molar-refractivity contribution in [2.45, 2.75) is 51.5 Å². The molecule has 1 aromatic carbocycles. The van der Waals surface area contributed by atoms with E-state index in [2.05, 4.69) is 9.82 Å². The Morgan fingerprint density at radius 3 is 2.32 bits per heavy atom. The predicted molar refractivity (Wildman–Crippen MR) is 87.7 cm³/mol. The summed E-state index contributed by atoms with van der Waals surface area (Å²) in [5.41, 5.74) is 1.47. The van der Waals surface area contributed by atoms with Gasteiger partial charge in [-0.3, -0.25) is 0 Å². The van der Waals surface area contributed by atoms with E-state index in [9.17, 15) is 8.42 Å². The lowest BCUT2D eigenvalue weighted by Crippen LogP contribution is -2.42. The lowest BCUT2D eigenvalue weighted by Gasteiger charge is -2.24. The van der Waals surface area contributed by atoms with Gasteiger partial charge in [-0.2, -0.15) is 5.10 Å². The summed E-state index contributed by atoms with van der Waals surface area (Å²) in [5, 5.41) is 4.40. The number of hydrogen-bond donors (Lipinski definition) is 1. The van der Waals surface area contributed by atoms with E-state index in [4.69, 9.17) is 0 Å². The first-order chi connectivity index (χ1) is 10.2. The van der Waals surface area contributed by atoms with Crippen molar-refractivity contribution in [1.82, 2.24) is 14.5 Å². The van der Waals surface area contributed by atoms with Gasteiger partial charge in [-0.15, -0.1) is 0 Å². The quantitative estimate of drug-likeness (QED) is 0.921. The van der Waals surface area contributed by atoms with Crippen LogP contribution in [-0.2, 0) is 10.0 Å². The van der Waals surface area contributed by atoms with E-state index >= 15 is 0 Å². The van der Waals surface area contributed by atoms with E-state index < -0.39 is 15.6 Å². The van der Waals surface area contributed by atoms with Gasteiger partial charge in [0.05, 0.1) is 17.1 Å². The van der Waals surface area contributed by atoms with Crippen LogP contribution in [0.15, 0.2) is 35.2 Å². The van der Waals surface area contributed by atoms with Gasteiger partial charge in [0.25, 0.3) is 0 Å². The summed E-state index contributed by atoms with van der Waals surface area (Å²) in [6.07, 6.45) is 0.706. The molecule has 0 aliphatic carbocycles.